The van der Waals surface area contributed by atoms with Gasteiger partial charge < -0.3 is 19.7 Å². The Morgan fingerprint density at radius 1 is 1.06 bits per heavy atom. The summed E-state index contributed by atoms with van der Waals surface area (Å²) in [4.78, 5) is 28.9. The number of alkyl halides is 2. The number of benzene rings is 2. The SMILES string of the molecule is COc1cc(C(=O)N2CCN(CC(=O)Nc3cccc(C)c3C)CC2)ccc1OC(F)F. The lowest BCUT2D eigenvalue weighted by atomic mass is 10.1. The average molecular weight is 447 g/mol. The Bertz CT molecular complexity index is 976. The maximum atomic E-state index is 12.8. The van der Waals surface area contributed by atoms with Crippen molar-refractivity contribution in [2.45, 2.75) is 20.5 Å². The summed E-state index contributed by atoms with van der Waals surface area (Å²) in [5.41, 5.74) is 3.28. The van der Waals surface area contributed by atoms with Crippen molar-refractivity contribution in [3.8, 4) is 11.5 Å². The van der Waals surface area contributed by atoms with E-state index in [1.165, 1.54) is 25.3 Å². The molecule has 2 amide bonds. The zero-order valence-electron chi connectivity index (χ0n) is 18.4. The number of hydrogen-bond donors (Lipinski definition) is 1. The fourth-order valence-corrected chi connectivity index (χ4v) is 3.56. The highest BCUT2D eigenvalue weighted by molar-refractivity contribution is 5.95. The highest BCUT2D eigenvalue weighted by atomic mass is 19.3. The van der Waals surface area contributed by atoms with Crippen LogP contribution in [0.25, 0.3) is 0 Å². The largest absolute Gasteiger partial charge is 0.493 e. The molecule has 172 valence electrons. The summed E-state index contributed by atoms with van der Waals surface area (Å²) >= 11 is 0. The number of rotatable bonds is 7. The van der Waals surface area contributed by atoms with Crippen molar-refractivity contribution in [2.24, 2.45) is 0 Å². The van der Waals surface area contributed by atoms with E-state index in [1.807, 2.05) is 36.9 Å². The lowest BCUT2D eigenvalue weighted by Crippen LogP contribution is -2.50. The molecule has 0 spiro atoms. The van der Waals surface area contributed by atoms with Crippen LogP contribution in [0.4, 0.5) is 14.5 Å². The molecule has 2 aromatic carbocycles. The van der Waals surface area contributed by atoms with Gasteiger partial charge in [0, 0.05) is 37.4 Å². The van der Waals surface area contributed by atoms with Crippen LogP contribution in [-0.4, -0.2) is 68.1 Å². The van der Waals surface area contributed by atoms with Crippen LogP contribution < -0.4 is 14.8 Å². The van der Waals surface area contributed by atoms with E-state index in [9.17, 15) is 18.4 Å². The number of nitrogens with zero attached hydrogens (tertiary/aromatic N) is 2. The van der Waals surface area contributed by atoms with Crippen molar-refractivity contribution in [2.75, 3.05) is 45.2 Å². The monoisotopic (exact) mass is 447 g/mol. The van der Waals surface area contributed by atoms with Crippen LogP contribution in [0.15, 0.2) is 36.4 Å². The quantitative estimate of drug-likeness (QED) is 0.705. The lowest BCUT2D eigenvalue weighted by molar-refractivity contribution is -0.117. The molecule has 32 heavy (non-hydrogen) atoms. The number of nitrogens with one attached hydrogen (secondary N) is 1. The minimum Gasteiger partial charge on any atom is -0.493 e. The second kappa shape index (κ2) is 10.4. The summed E-state index contributed by atoms with van der Waals surface area (Å²) in [6, 6.07) is 9.91. The van der Waals surface area contributed by atoms with Crippen molar-refractivity contribution in [3.05, 3.63) is 53.1 Å². The van der Waals surface area contributed by atoms with E-state index in [0.29, 0.717) is 31.7 Å². The molecule has 1 fully saturated rings. The Morgan fingerprint density at radius 3 is 2.44 bits per heavy atom. The van der Waals surface area contributed by atoms with E-state index in [-0.39, 0.29) is 29.9 Å². The summed E-state index contributed by atoms with van der Waals surface area (Å²) < 4.78 is 34.4. The Kier molecular flexibility index (Phi) is 7.63. The van der Waals surface area contributed by atoms with Gasteiger partial charge in [-0.15, -0.1) is 0 Å². The van der Waals surface area contributed by atoms with Crippen molar-refractivity contribution in [3.63, 3.8) is 0 Å². The van der Waals surface area contributed by atoms with Gasteiger partial charge in [-0.2, -0.15) is 8.78 Å². The van der Waals surface area contributed by atoms with E-state index in [4.69, 9.17) is 4.74 Å². The molecule has 0 bridgehead atoms. The van der Waals surface area contributed by atoms with Crippen LogP contribution >= 0.6 is 0 Å². The third kappa shape index (κ3) is 5.73. The number of carbonyl (C=O) groups is 2. The lowest BCUT2D eigenvalue weighted by Gasteiger charge is -2.34. The van der Waals surface area contributed by atoms with Gasteiger partial charge in [0.2, 0.25) is 5.91 Å². The predicted molar refractivity (Wildman–Crippen MR) is 117 cm³/mol. The van der Waals surface area contributed by atoms with Gasteiger partial charge in [-0.3, -0.25) is 14.5 Å². The van der Waals surface area contributed by atoms with Crippen molar-refractivity contribution >= 4 is 17.5 Å². The van der Waals surface area contributed by atoms with Crippen LogP contribution in [-0.2, 0) is 4.79 Å². The fourth-order valence-electron chi connectivity index (χ4n) is 3.56. The number of halogens is 2. The molecule has 0 unspecified atom stereocenters. The van der Waals surface area contributed by atoms with E-state index >= 15 is 0 Å². The summed E-state index contributed by atoms with van der Waals surface area (Å²) in [7, 11) is 1.32. The van der Waals surface area contributed by atoms with E-state index in [2.05, 4.69) is 10.1 Å². The average Bonchev–Trinajstić information content (AvgIpc) is 2.77. The standard InChI is InChI=1S/C23H27F2N3O4/c1-15-5-4-6-18(16(15)2)26-21(29)14-27-9-11-28(12-10-27)22(30)17-7-8-19(32-23(24)25)20(13-17)31-3/h4-8,13,23H,9-12,14H2,1-3H3,(H,26,29). The number of methoxy groups -OCH3 is 1. The van der Waals surface area contributed by atoms with Gasteiger partial charge in [0.15, 0.2) is 11.5 Å². The molecule has 0 radical (unpaired) electrons. The van der Waals surface area contributed by atoms with E-state index < -0.39 is 6.61 Å². The van der Waals surface area contributed by atoms with Crippen LogP contribution in [0.1, 0.15) is 21.5 Å². The first-order valence-electron chi connectivity index (χ1n) is 10.3. The normalized spacial score (nSPS) is 14.4. The Morgan fingerprint density at radius 2 is 1.78 bits per heavy atom. The number of ether oxygens (including phenoxy) is 2. The zero-order chi connectivity index (χ0) is 23.3. The highest BCUT2D eigenvalue weighted by Crippen LogP contribution is 2.30. The molecule has 3 rings (SSSR count). The summed E-state index contributed by atoms with van der Waals surface area (Å²) in [5.74, 6) is -0.388. The van der Waals surface area contributed by atoms with Gasteiger partial charge in [0.1, 0.15) is 0 Å². The topological polar surface area (TPSA) is 71.1 Å². The number of amides is 2. The molecule has 0 atom stereocenters. The first-order valence-corrected chi connectivity index (χ1v) is 10.3. The molecule has 1 heterocycles. The molecular formula is C23H27F2N3O4. The minimum absolute atomic E-state index is 0.0675. The second-order valence-electron chi connectivity index (χ2n) is 7.61. The number of hydrogen-bond acceptors (Lipinski definition) is 5. The van der Waals surface area contributed by atoms with Crippen LogP contribution in [0.2, 0.25) is 0 Å². The number of piperazine rings is 1. The fraction of sp³-hybridized carbons (Fsp3) is 0.391. The first-order chi connectivity index (χ1) is 15.3. The predicted octanol–water partition coefficient (Wildman–Crippen LogP) is 3.31. The van der Waals surface area contributed by atoms with Crippen molar-refractivity contribution in [1.29, 1.82) is 0 Å². The minimum atomic E-state index is -2.98. The summed E-state index contributed by atoms with van der Waals surface area (Å²) in [6.07, 6.45) is 0. The molecule has 9 heteroatoms. The van der Waals surface area contributed by atoms with E-state index in [0.717, 1.165) is 16.8 Å². The van der Waals surface area contributed by atoms with Gasteiger partial charge in [-0.25, -0.2) is 0 Å². The highest BCUT2D eigenvalue weighted by Gasteiger charge is 2.24. The molecule has 1 aliphatic rings. The summed E-state index contributed by atoms with van der Waals surface area (Å²) in [6.45, 7) is 3.23. The number of carbonyl (C=O) groups excluding carboxylic acids is 2. The molecule has 0 aliphatic carbocycles. The third-order valence-electron chi connectivity index (χ3n) is 5.53. The van der Waals surface area contributed by atoms with Crippen LogP contribution in [0.5, 0.6) is 11.5 Å². The number of anilines is 1. The van der Waals surface area contributed by atoms with Crippen molar-refractivity contribution < 1.29 is 27.8 Å². The molecule has 0 aromatic heterocycles. The number of aryl methyl sites for hydroxylation is 1. The van der Waals surface area contributed by atoms with Gasteiger partial charge >= 0.3 is 6.61 Å². The van der Waals surface area contributed by atoms with Gasteiger partial charge in [-0.1, -0.05) is 12.1 Å². The molecule has 1 N–H and O–H groups in total. The van der Waals surface area contributed by atoms with Gasteiger partial charge in [0.25, 0.3) is 5.91 Å². The molecule has 1 aliphatic heterocycles. The third-order valence-corrected chi connectivity index (χ3v) is 5.53. The smallest absolute Gasteiger partial charge is 0.387 e. The van der Waals surface area contributed by atoms with Crippen molar-refractivity contribution in [1.82, 2.24) is 9.80 Å². The zero-order valence-corrected chi connectivity index (χ0v) is 18.4. The maximum Gasteiger partial charge on any atom is 0.387 e. The Balaban J connectivity index is 1.54. The molecule has 2 aromatic rings. The first kappa shape index (κ1) is 23.5. The molecular weight excluding hydrogens is 420 g/mol. The van der Waals surface area contributed by atoms with Crippen LogP contribution in [0, 0.1) is 13.8 Å². The van der Waals surface area contributed by atoms with Gasteiger partial charge in [0.05, 0.1) is 13.7 Å². The molecule has 7 nitrogen and oxygen atoms in total. The van der Waals surface area contributed by atoms with E-state index in [1.54, 1.807) is 4.90 Å². The molecule has 0 saturated carbocycles. The Labute approximate surface area is 185 Å². The van der Waals surface area contributed by atoms with Crippen LogP contribution in [0.3, 0.4) is 0 Å². The second-order valence-corrected chi connectivity index (χ2v) is 7.61. The Hall–Kier alpha value is -3.20. The van der Waals surface area contributed by atoms with Gasteiger partial charge in [-0.05, 0) is 49.2 Å². The maximum absolute atomic E-state index is 12.8. The summed E-state index contributed by atoms with van der Waals surface area (Å²) in [5, 5.41) is 2.95. The molecule has 1 saturated heterocycles.